The molecule has 5 nitrogen and oxygen atoms in total. The molecule has 0 fully saturated rings. The highest BCUT2D eigenvalue weighted by Gasteiger charge is 2.11. The number of aryl methyl sites for hydroxylation is 1. The highest BCUT2D eigenvalue weighted by atomic mass is 19.1. The second kappa shape index (κ2) is 6.32. The molecule has 2 heterocycles. The quantitative estimate of drug-likeness (QED) is 0.617. The van der Waals surface area contributed by atoms with Gasteiger partial charge in [-0.3, -0.25) is 4.68 Å². The molecule has 4 rings (SSSR count). The molecule has 4 aromatic rings. The minimum absolute atomic E-state index is 0.309. The Morgan fingerprint density at radius 1 is 1.08 bits per heavy atom. The minimum Gasteiger partial charge on any atom is -0.365 e. The average Bonchev–Trinajstić information content (AvgIpc) is 3.01. The molecule has 0 saturated carbocycles. The zero-order valence-corrected chi connectivity index (χ0v) is 13.6. The van der Waals surface area contributed by atoms with Gasteiger partial charge in [0, 0.05) is 36.3 Å². The number of aromatic nitrogens is 4. The lowest BCUT2D eigenvalue weighted by Crippen LogP contribution is -2.03. The Hall–Kier alpha value is -3.28. The third-order valence-electron chi connectivity index (χ3n) is 4.00. The number of fused-ring (bicyclic) bond motifs is 1. The van der Waals surface area contributed by atoms with Gasteiger partial charge in [0.1, 0.15) is 18.0 Å². The van der Waals surface area contributed by atoms with Crippen molar-refractivity contribution in [3.05, 3.63) is 72.4 Å². The van der Waals surface area contributed by atoms with Crippen LogP contribution in [0.3, 0.4) is 0 Å². The molecule has 124 valence electrons. The van der Waals surface area contributed by atoms with Crippen molar-refractivity contribution in [2.24, 2.45) is 7.05 Å². The zero-order valence-electron chi connectivity index (χ0n) is 13.6. The van der Waals surface area contributed by atoms with E-state index >= 15 is 0 Å². The number of nitrogens with one attached hydrogen (secondary N) is 1. The summed E-state index contributed by atoms with van der Waals surface area (Å²) in [4.78, 5) is 8.43. The summed E-state index contributed by atoms with van der Waals surface area (Å²) in [6.07, 6.45) is 3.45. The van der Waals surface area contributed by atoms with Crippen molar-refractivity contribution < 1.29 is 4.39 Å². The van der Waals surface area contributed by atoms with E-state index in [4.69, 9.17) is 0 Å². The Morgan fingerprint density at radius 3 is 2.76 bits per heavy atom. The van der Waals surface area contributed by atoms with E-state index in [1.54, 1.807) is 10.7 Å². The Kier molecular flexibility index (Phi) is 3.85. The highest BCUT2D eigenvalue weighted by Crippen LogP contribution is 2.24. The van der Waals surface area contributed by atoms with Crippen molar-refractivity contribution in [3.8, 4) is 11.3 Å². The normalized spacial score (nSPS) is 11.0. The summed E-state index contributed by atoms with van der Waals surface area (Å²) >= 11 is 0. The van der Waals surface area contributed by atoms with Gasteiger partial charge in [0.05, 0.1) is 11.2 Å². The third kappa shape index (κ3) is 3.06. The maximum atomic E-state index is 13.6. The molecule has 0 atom stereocenters. The van der Waals surface area contributed by atoms with Crippen LogP contribution in [0.5, 0.6) is 0 Å². The van der Waals surface area contributed by atoms with E-state index in [0.717, 1.165) is 16.8 Å². The molecular weight excluding hydrogens is 317 g/mol. The summed E-state index contributed by atoms with van der Waals surface area (Å²) < 4.78 is 15.4. The summed E-state index contributed by atoms with van der Waals surface area (Å²) in [5.74, 6) is 0.295. The van der Waals surface area contributed by atoms with Gasteiger partial charge in [-0.25, -0.2) is 14.4 Å². The summed E-state index contributed by atoms with van der Waals surface area (Å²) in [6.45, 7) is 0.528. The van der Waals surface area contributed by atoms with Crippen LogP contribution in [-0.4, -0.2) is 19.7 Å². The maximum Gasteiger partial charge on any atom is 0.137 e. The van der Waals surface area contributed by atoms with Crippen LogP contribution in [0.1, 0.15) is 5.56 Å². The predicted molar refractivity (Wildman–Crippen MR) is 95.5 cm³/mol. The number of hydrogen-bond donors (Lipinski definition) is 1. The Balaban J connectivity index is 1.66. The summed E-state index contributed by atoms with van der Waals surface area (Å²) in [6, 6.07) is 14.5. The summed E-state index contributed by atoms with van der Waals surface area (Å²) in [5, 5.41) is 8.50. The number of benzene rings is 2. The average molecular weight is 333 g/mol. The number of halogens is 1. The molecule has 2 aromatic carbocycles. The van der Waals surface area contributed by atoms with E-state index in [2.05, 4.69) is 20.4 Å². The van der Waals surface area contributed by atoms with Crippen LogP contribution >= 0.6 is 0 Å². The van der Waals surface area contributed by atoms with Gasteiger partial charge in [-0.2, -0.15) is 5.10 Å². The van der Waals surface area contributed by atoms with Crippen molar-refractivity contribution in [1.29, 1.82) is 0 Å². The fourth-order valence-electron chi connectivity index (χ4n) is 2.85. The van der Waals surface area contributed by atoms with Gasteiger partial charge >= 0.3 is 0 Å². The van der Waals surface area contributed by atoms with Crippen molar-refractivity contribution in [2.75, 3.05) is 5.32 Å². The smallest absolute Gasteiger partial charge is 0.137 e. The molecule has 0 radical (unpaired) electrons. The lowest BCUT2D eigenvalue weighted by molar-refractivity contribution is 0.629. The molecule has 0 aliphatic rings. The van der Waals surface area contributed by atoms with Gasteiger partial charge in [-0.05, 0) is 18.2 Å². The molecule has 6 heteroatoms. The van der Waals surface area contributed by atoms with Gasteiger partial charge in [0.2, 0.25) is 0 Å². The van der Waals surface area contributed by atoms with E-state index < -0.39 is 0 Å². The van der Waals surface area contributed by atoms with Crippen LogP contribution in [0, 0.1) is 5.82 Å². The second-order valence-corrected chi connectivity index (χ2v) is 5.78. The summed E-state index contributed by atoms with van der Waals surface area (Å²) in [5.41, 5.74) is 3.71. The van der Waals surface area contributed by atoms with E-state index in [9.17, 15) is 4.39 Å². The first-order valence-electron chi connectivity index (χ1n) is 7.93. The van der Waals surface area contributed by atoms with E-state index in [1.807, 2.05) is 43.6 Å². The van der Waals surface area contributed by atoms with Crippen LogP contribution < -0.4 is 5.32 Å². The van der Waals surface area contributed by atoms with Crippen molar-refractivity contribution in [2.45, 2.75) is 6.54 Å². The van der Waals surface area contributed by atoms with Crippen LogP contribution in [0.25, 0.3) is 22.2 Å². The molecule has 1 N–H and O–H groups in total. The van der Waals surface area contributed by atoms with Gasteiger partial charge in [-0.1, -0.05) is 30.3 Å². The van der Waals surface area contributed by atoms with Crippen molar-refractivity contribution in [1.82, 2.24) is 19.7 Å². The molecule has 0 aliphatic carbocycles. The van der Waals surface area contributed by atoms with Crippen LogP contribution in [0.15, 0.2) is 61.1 Å². The van der Waals surface area contributed by atoms with Crippen molar-refractivity contribution in [3.63, 3.8) is 0 Å². The van der Waals surface area contributed by atoms with Crippen LogP contribution in [0.4, 0.5) is 10.2 Å². The molecule has 0 amide bonds. The molecule has 25 heavy (non-hydrogen) atoms. The van der Waals surface area contributed by atoms with E-state index in [1.165, 1.54) is 18.5 Å². The number of nitrogens with zero attached hydrogens (tertiary/aromatic N) is 4. The van der Waals surface area contributed by atoms with E-state index in [-0.39, 0.29) is 5.82 Å². The first-order chi connectivity index (χ1) is 12.2. The lowest BCUT2D eigenvalue weighted by atomic mass is 10.1. The molecule has 0 spiro atoms. The molecule has 0 unspecified atom stereocenters. The molecule has 2 aromatic heterocycles. The standard InChI is InChI=1S/C19H16FN5/c1-25-11-14(18(24-25)13-5-3-2-4-6-13)10-21-19-16-9-15(20)7-8-17(16)22-12-23-19/h2-9,11-12H,10H2,1H3,(H,21,22,23). The summed E-state index contributed by atoms with van der Waals surface area (Å²) in [7, 11) is 1.89. The zero-order chi connectivity index (χ0) is 17.2. The third-order valence-corrected chi connectivity index (χ3v) is 4.00. The first-order valence-corrected chi connectivity index (χ1v) is 7.93. The fraction of sp³-hybridized carbons (Fsp3) is 0.105. The van der Waals surface area contributed by atoms with Gasteiger partial charge < -0.3 is 5.32 Å². The van der Waals surface area contributed by atoms with Gasteiger partial charge in [0.15, 0.2) is 0 Å². The topological polar surface area (TPSA) is 55.6 Å². The van der Waals surface area contributed by atoms with Crippen LogP contribution in [0.2, 0.25) is 0 Å². The van der Waals surface area contributed by atoms with Crippen LogP contribution in [-0.2, 0) is 13.6 Å². The monoisotopic (exact) mass is 333 g/mol. The molecule has 0 saturated heterocycles. The van der Waals surface area contributed by atoms with E-state index in [0.29, 0.717) is 23.3 Å². The minimum atomic E-state index is -0.309. The SMILES string of the molecule is Cn1cc(CNc2ncnc3ccc(F)cc23)c(-c2ccccc2)n1. The Labute approximate surface area is 144 Å². The predicted octanol–water partition coefficient (Wildman–Crippen LogP) is 3.78. The number of rotatable bonds is 4. The lowest BCUT2D eigenvalue weighted by Gasteiger charge is -2.08. The highest BCUT2D eigenvalue weighted by molar-refractivity contribution is 5.88. The molecular formula is C19H16FN5. The molecule has 0 bridgehead atoms. The molecule has 0 aliphatic heterocycles. The Morgan fingerprint density at radius 2 is 1.92 bits per heavy atom. The largest absolute Gasteiger partial charge is 0.365 e. The number of hydrogen-bond acceptors (Lipinski definition) is 4. The first kappa shape index (κ1) is 15.3. The van der Waals surface area contributed by atoms with Gasteiger partial charge in [-0.15, -0.1) is 0 Å². The maximum absolute atomic E-state index is 13.6. The second-order valence-electron chi connectivity index (χ2n) is 5.78. The van der Waals surface area contributed by atoms with Gasteiger partial charge in [0.25, 0.3) is 0 Å². The fourth-order valence-corrected chi connectivity index (χ4v) is 2.85. The van der Waals surface area contributed by atoms with Crippen molar-refractivity contribution >= 4 is 16.7 Å². The number of anilines is 1. The Bertz CT molecular complexity index is 1030.